The number of nitrogens with zero attached hydrogens (tertiary/aromatic N) is 4. The molecule has 7 heteroatoms. The number of carboxylic acid groups (broad SMARTS) is 1. The summed E-state index contributed by atoms with van der Waals surface area (Å²) in [4.78, 5) is 28.5. The molecule has 0 atom stereocenters. The molecule has 7 nitrogen and oxygen atoms in total. The van der Waals surface area contributed by atoms with Crippen LogP contribution in [0.1, 0.15) is 34.1 Å². The van der Waals surface area contributed by atoms with Gasteiger partial charge in [0.15, 0.2) is 0 Å². The first-order valence-electron chi connectivity index (χ1n) is 8.32. The van der Waals surface area contributed by atoms with Gasteiger partial charge in [-0.2, -0.15) is 4.99 Å². The second kappa shape index (κ2) is 7.33. The number of hydrogen-bond acceptors (Lipinski definition) is 4. The van der Waals surface area contributed by atoms with E-state index in [4.69, 9.17) is 5.73 Å². The van der Waals surface area contributed by atoms with Crippen molar-refractivity contribution in [3.63, 3.8) is 0 Å². The predicted molar refractivity (Wildman–Crippen MR) is 106 cm³/mol. The summed E-state index contributed by atoms with van der Waals surface area (Å²) in [7, 11) is 0. The number of guanidine groups is 1. The molecule has 3 aromatic rings. The molecule has 0 aliphatic heterocycles. The van der Waals surface area contributed by atoms with Gasteiger partial charge in [-0.1, -0.05) is 30.3 Å². The highest BCUT2D eigenvalue weighted by molar-refractivity contribution is 6.11. The average Bonchev–Trinajstić information content (AvgIpc) is 2.61. The molecular formula is C20H19N5O2. The third kappa shape index (κ3) is 3.98. The summed E-state index contributed by atoms with van der Waals surface area (Å²) in [6.07, 6.45) is 0. The van der Waals surface area contributed by atoms with Crippen LogP contribution in [0.3, 0.4) is 0 Å². The standard InChI is InChI=1S/C20H19N5O2/c1-11-8-9-15-13(3)23-20(24-17(15)10-11)25-19(21)22-12(2)14-6-4-5-7-16(14)18(26)27/h4-10H,1-3H3,(H,26,27)(H2,21,23,24,25). The van der Waals surface area contributed by atoms with Crippen LogP contribution in [0.4, 0.5) is 5.95 Å². The van der Waals surface area contributed by atoms with E-state index in [9.17, 15) is 9.90 Å². The lowest BCUT2D eigenvalue weighted by Gasteiger charge is -2.06. The molecule has 3 rings (SSSR count). The van der Waals surface area contributed by atoms with Crippen molar-refractivity contribution in [2.45, 2.75) is 20.8 Å². The lowest BCUT2D eigenvalue weighted by Crippen LogP contribution is -2.13. The lowest BCUT2D eigenvalue weighted by atomic mass is 10.0. The molecule has 0 aliphatic carbocycles. The second-order valence-electron chi connectivity index (χ2n) is 6.15. The SMILES string of the molecule is CC(=NC(N)=Nc1nc(C)c2ccc(C)cc2n1)c1ccccc1C(=O)O. The third-order valence-electron chi connectivity index (χ3n) is 4.08. The van der Waals surface area contributed by atoms with Gasteiger partial charge in [-0.15, -0.1) is 0 Å². The van der Waals surface area contributed by atoms with Gasteiger partial charge in [-0.3, -0.25) is 0 Å². The number of aromatic carboxylic acids is 1. The summed E-state index contributed by atoms with van der Waals surface area (Å²) in [5, 5.41) is 10.3. The van der Waals surface area contributed by atoms with Gasteiger partial charge in [0, 0.05) is 16.7 Å². The van der Waals surface area contributed by atoms with Crippen LogP contribution in [0.2, 0.25) is 0 Å². The lowest BCUT2D eigenvalue weighted by molar-refractivity contribution is 0.0696. The Bertz CT molecular complexity index is 1100. The molecule has 0 saturated carbocycles. The number of nitrogens with two attached hydrogens (primary N) is 1. The van der Waals surface area contributed by atoms with Crippen LogP contribution in [0.25, 0.3) is 10.9 Å². The Morgan fingerprint density at radius 1 is 1.07 bits per heavy atom. The quantitative estimate of drug-likeness (QED) is 0.548. The van der Waals surface area contributed by atoms with Gasteiger partial charge in [0.2, 0.25) is 5.96 Å². The van der Waals surface area contributed by atoms with Crippen molar-refractivity contribution in [1.29, 1.82) is 0 Å². The molecule has 0 radical (unpaired) electrons. The summed E-state index contributed by atoms with van der Waals surface area (Å²) in [5.41, 5.74) is 9.67. The summed E-state index contributed by atoms with van der Waals surface area (Å²) in [6, 6.07) is 12.5. The monoisotopic (exact) mass is 361 g/mol. The zero-order valence-electron chi connectivity index (χ0n) is 15.3. The first-order chi connectivity index (χ1) is 12.8. The Hall–Kier alpha value is -3.61. The van der Waals surface area contributed by atoms with Crippen molar-refractivity contribution in [1.82, 2.24) is 9.97 Å². The van der Waals surface area contributed by atoms with Crippen LogP contribution in [-0.4, -0.2) is 32.7 Å². The molecular weight excluding hydrogens is 342 g/mol. The van der Waals surface area contributed by atoms with Crippen molar-refractivity contribution in [3.05, 3.63) is 64.8 Å². The van der Waals surface area contributed by atoms with E-state index >= 15 is 0 Å². The summed E-state index contributed by atoms with van der Waals surface area (Å²) >= 11 is 0. The zero-order valence-corrected chi connectivity index (χ0v) is 15.3. The highest BCUT2D eigenvalue weighted by atomic mass is 16.4. The van der Waals surface area contributed by atoms with Gasteiger partial charge in [0.1, 0.15) is 0 Å². The van der Waals surface area contributed by atoms with Crippen molar-refractivity contribution in [3.8, 4) is 0 Å². The van der Waals surface area contributed by atoms with Gasteiger partial charge in [0.05, 0.1) is 16.8 Å². The summed E-state index contributed by atoms with van der Waals surface area (Å²) in [5.74, 6) is -0.857. The number of aliphatic imine (C=N–C) groups is 2. The molecule has 0 bridgehead atoms. The second-order valence-corrected chi connectivity index (χ2v) is 6.15. The Balaban J connectivity index is 1.99. The molecule has 3 N–H and O–H groups in total. The molecule has 0 aliphatic rings. The topological polar surface area (TPSA) is 114 Å². The molecule has 0 saturated heterocycles. The fourth-order valence-electron chi connectivity index (χ4n) is 2.78. The molecule has 0 unspecified atom stereocenters. The van der Waals surface area contributed by atoms with E-state index in [2.05, 4.69) is 20.0 Å². The first-order valence-corrected chi connectivity index (χ1v) is 8.32. The molecule has 27 heavy (non-hydrogen) atoms. The van der Waals surface area contributed by atoms with Crippen LogP contribution in [0.5, 0.6) is 0 Å². The summed E-state index contributed by atoms with van der Waals surface area (Å²) < 4.78 is 0. The number of fused-ring (bicyclic) bond motifs is 1. The number of carboxylic acids is 1. The van der Waals surface area contributed by atoms with Crippen molar-refractivity contribution >= 4 is 34.5 Å². The van der Waals surface area contributed by atoms with Crippen LogP contribution < -0.4 is 5.73 Å². The maximum absolute atomic E-state index is 11.4. The molecule has 0 fully saturated rings. The Morgan fingerprint density at radius 3 is 2.48 bits per heavy atom. The Morgan fingerprint density at radius 2 is 1.78 bits per heavy atom. The van der Waals surface area contributed by atoms with Gasteiger partial charge in [-0.05, 0) is 38.5 Å². The highest BCUT2D eigenvalue weighted by Gasteiger charge is 2.11. The molecule has 2 aromatic carbocycles. The van der Waals surface area contributed by atoms with E-state index in [1.807, 2.05) is 32.0 Å². The highest BCUT2D eigenvalue weighted by Crippen LogP contribution is 2.19. The number of hydrogen-bond donors (Lipinski definition) is 2. The fourth-order valence-corrected chi connectivity index (χ4v) is 2.78. The largest absolute Gasteiger partial charge is 0.478 e. The normalized spacial score (nSPS) is 12.4. The number of benzene rings is 2. The van der Waals surface area contributed by atoms with Gasteiger partial charge in [0.25, 0.3) is 5.95 Å². The minimum atomic E-state index is -1.03. The average molecular weight is 361 g/mol. The van der Waals surface area contributed by atoms with E-state index in [-0.39, 0.29) is 17.5 Å². The molecule has 1 heterocycles. The van der Waals surface area contributed by atoms with E-state index in [0.29, 0.717) is 11.3 Å². The Kier molecular flexibility index (Phi) is 4.94. The van der Waals surface area contributed by atoms with Crippen LogP contribution in [0.15, 0.2) is 52.4 Å². The van der Waals surface area contributed by atoms with Crippen molar-refractivity contribution in [2.24, 2.45) is 15.7 Å². The minimum absolute atomic E-state index is 0.0425. The van der Waals surface area contributed by atoms with Gasteiger partial charge in [-0.25, -0.2) is 19.8 Å². The van der Waals surface area contributed by atoms with Crippen LogP contribution in [0, 0.1) is 13.8 Å². The number of aryl methyl sites for hydroxylation is 2. The number of rotatable bonds is 3. The van der Waals surface area contributed by atoms with E-state index in [0.717, 1.165) is 22.2 Å². The van der Waals surface area contributed by atoms with Crippen molar-refractivity contribution in [2.75, 3.05) is 0 Å². The van der Waals surface area contributed by atoms with Gasteiger partial charge < -0.3 is 10.8 Å². The zero-order chi connectivity index (χ0) is 19.6. The van der Waals surface area contributed by atoms with Crippen LogP contribution >= 0.6 is 0 Å². The van der Waals surface area contributed by atoms with E-state index < -0.39 is 5.97 Å². The smallest absolute Gasteiger partial charge is 0.336 e. The molecule has 1 aromatic heterocycles. The maximum atomic E-state index is 11.4. The van der Waals surface area contributed by atoms with Crippen molar-refractivity contribution < 1.29 is 9.90 Å². The molecule has 136 valence electrons. The molecule has 0 spiro atoms. The van der Waals surface area contributed by atoms with Gasteiger partial charge >= 0.3 is 5.97 Å². The van der Waals surface area contributed by atoms with E-state index in [1.165, 1.54) is 6.07 Å². The molecule has 0 amide bonds. The predicted octanol–water partition coefficient (Wildman–Crippen LogP) is 3.40. The maximum Gasteiger partial charge on any atom is 0.336 e. The Labute approximate surface area is 156 Å². The third-order valence-corrected chi connectivity index (χ3v) is 4.08. The van der Waals surface area contributed by atoms with Crippen LogP contribution in [-0.2, 0) is 0 Å². The van der Waals surface area contributed by atoms with E-state index in [1.54, 1.807) is 25.1 Å². The first kappa shape index (κ1) is 18.2. The fraction of sp³-hybridized carbons (Fsp3) is 0.150. The minimum Gasteiger partial charge on any atom is -0.478 e. The number of carbonyl (C=O) groups is 1. The summed E-state index contributed by atoms with van der Waals surface area (Å²) in [6.45, 7) is 5.55. The number of aromatic nitrogens is 2.